The molecule has 0 spiro atoms. The second-order valence-corrected chi connectivity index (χ2v) is 18.0. The molecule has 10 nitrogen and oxygen atoms in total. The first kappa shape index (κ1) is 64.0. The van der Waals surface area contributed by atoms with Gasteiger partial charge in [0.05, 0.1) is 19.8 Å². The Labute approximate surface area is 396 Å². The molecule has 0 fully saturated rings. The molecule has 0 aliphatic heterocycles. The van der Waals surface area contributed by atoms with E-state index in [-0.39, 0.29) is 25.9 Å². The Morgan fingerprint density at radius 1 is 0.422 bits per heavy atom. The highest BCUT2D eigenvalue weighted by molar-refractivity contribution is 5.60. The molecule has 0 heterocycles. The molecule has 0 aromatic rings. The van der Waals surface area contributed by atoms with Crippen LogP contribution in [0.15, 0.2) is 48.6 Å². The van der Waals surface area contributed by atoms with Gasteiger partial charge in [0.15, 0.2) is 0 Å². The average molecular weight is 907 g/mol. The molecular formula is C54H106N4O6. The Hall–Kier alpha value is -2.05. The molecule has 0 saturated heterocycles. The molecule has 0 saturated carbocycles. The van der Waals surface area contributed by atoms with Gasteiger partial charge in [-0.05, 0) is 118 Å². The fourth-order valence-electron chi connectivity index (χ4n) is 7.08. The number of allylic oxidation sites excluding steroid dienone is 8. The van der Waals surface area contributed by atoms with E-state index in [1.807, 2.05) is 28.2 Å². The number of hydrogen-bond acceptors (Lipinski definition) is 10. The van der Waals surface area contributed by atoms with Crippen molar-refractivity contribution >= 4 is 6.16 Å². The van der Waals surface area contributed by atoms with E-state index in [1.54, 1.807) is 0 Å². The lowest BCUT2D eigenvalue weighted by Crippen LogP contribution is -2.34. The van der Waals surface area contributed by atoms with Crippen molar-refractivity contribution in [2.24, 2.45) is 0 Å². The van der Waals surface area contributed by atoms with Crippen LogP contribution in [0.5, 0.6) is 0 Å². The van der Waals surface area contributed by atoms with Gasteiger partial charge in [0.2, 0.25) is 0 Å². The van der Waals surface area contributed by atoms with Crippen LogP contribution in [0, 0.1) is 0 Å². The van der Waals surface area contributed by atoms with Gasteiger partial charge in [-0.2, -0.15) is 0 Å². The van der Waals surface area contributed by atoms with Crippen LogP contribution >= 0.6 is 0 Å². The molecule has 0 aromatic heterocycles. The smallest absolute Gasteiger partial charge is 0.433 e. The van der Waals surface area contributed by atoms with Crippen molar-refractivity contribution in [3.05, 3.63) is 48.6 Å². The SMILES string of the molecule is CCCCC/C=C\C/C=C\CCCCCCCCC(CCCCCCCC/C=C\C/C=C\CCCCC)OC(=O)OCCN(C)CCN(C)CCO.CN(CCO)CCN(C)CCO. The number of unbranched alkanes of at least 4 members (excludes halogenated alkanes) is 18. The quantitative estimate of drug-likeness (QED) is 0.0310. The van der Waals surface area contributed by atoms with Crippen LogP contribution in [0.25, 0.3) is 0 Å². The zero-order valence-corrected chi connectivity index (χ0v) is 42.9. The summed E-state index contributed by atoms with van der Waals surface area (Å²) in [5, 5.41) is 26.3. The number of hydrogen-bond donors (Lipinski definition) is 3. The number of rotatable bonds is 46. The molecule has 0 aliphatic carbocycles. The van der Waals surface area contributed by atoms with Crippen LogP contribution in [0.3, 0.4) is 0 Å². The highest BCUT2D eigenvalue weighted by atomic mass is 16.7. The maximum absolute atomic E-state index is 12.6. The topological polar surface area (TPSA) is 109 Å². The van der Waals surface area contributed by atoms with Gasteiger partial charge in [-0.3, -0.25) is 0 Å². The molecule has 378 valence electrons. The summed E-state index contributed by atoms with van der Waals surface area (Å²) in [7, 11) is 7.98. The Kier molecular flexibility index (Phi) is 53.6. The molecule has 0 radical (unpaired) electrons. The summed E-state index contributed by atoms with van der Waals surface area (Å²) in [6.07, 6.45) is 49.6. The van der Waals surface area contributed by atoms with E-state index >= 15 is 0 Å². The fourth-order valence-corrected chi connectivity index (χ4v) is 7.08. The number of aliphatic hydroxyl groups excluding tert-OH is 3. The van der Waals surface area contributed by atoms with E-state index in [0.717, 1.165) is 64.7 Å². The van der Waals surface area contributed by atoms with Crippen molar-refractivity contribution in [2.75, 3.05) is 107 Å². The molecule has 64 heavy (non-hydrogen) atoms. The summed E-state index contributed by atoms with van der Waals surface area (Å²) >= 11 is 0. The average Bonchev–Trinajstić information content (AvgIpc) is 3.27. The third kappa shape index (κ3) is 52.6. The van der Waals surface area contributed by atoms with Gasteiger partial charge in [-0.15, -0.1) is 0 Å². The molecule has 0 bridgehead atoms. The molecular weight excluding hydrogens is 801 g/mol. The van der Waals surface area contributed by atoms with E-state index in [2.05, 4.69) is 82.1 Å². The highest BCUT2D eigenvalue weighted by Gasteiger charge is 2.16. The van der Waals surface area contributed by atoms with Gasteiger partial charge < -0.3 is 44.4 Å². The van der Waals surface area contributed by atoms with Crippen molar-refractivity contribution in [3.8, 4) is 0 Å². The molecule has 10 heteroatoms. The number of ether oxygens (including phenoxy) is 2. The van der Waals surface area contributed by atoms with Gasteiger partial charge in [0.1, 0.15) is 12.7 Å². The minimum atomic E-state index is -0.518. The number of carbonyl (C=O) groups excluding carboxylic acids is 1. The maximum atomic E-state index is 12.6. The molecule has 0 aromatic carbocycles. The molecule has 0 unspecified atom stereocenters. The molecule has 0 amide bonds. The first-order chi connectivity index (χ1) is 31.2. The van der Waals surface area contributed by atoms with Crippen LogP contribution in [-0.2, 0) is 9.47 Å². The van der Waals surface area contributed by atoms with Crippen LogP contribution < -0.4 is 0 Å². The van der Waals surface area contributed by atoms with E-state index in [9.17, 15) is 4.79 Å². The number of likely N-dealkylation sites (N-methyl/N-ethyl adjacent to an activating group) is 4. The number of carbonyl (C=O) groups is 1. The van der Waals surface area contributed by atoms with E-state index in [0.29, 0.717) is 32.8 Å². The van der Waals surface area contributed by atoms with Crippen LogP contribution in [0.1, 0.15) is 181 Å². The van der Waals surface area contributed by atoms with Crippen molar-refractivity contribution < 1.29 is 29.6 Å². The van der Waals surface area contributed by atoms with E-state index in [4.69, 9.17) is 24.8 Å². The molecule has 0 atom stereocenters. The van der Waals surface area contributed by atoms with Crippen molar-refractivity contribution in [1.29, 1.82) is 0 Å². The summed E-state index contributed by atoms with van der Waals surface area (Å²) in [4.78, 5) is 21.0. The van der Waals surface area contributed by atoms with Gasteiger partial charge in [-0.1, -0.05) is 140 Å². The van der Waals surface area contributed by atoms with Crippen molar-refractivity contribution in [1.82, 2.24) is 19.6 Å². The van der Waals surface area contributed by atoms with Crippen molar-refractivity contribution in [2.45, 2.75) is 187 Å². The van der Waals surface area contributed by atoms with Gasteiger partial charge in [-0.25, -0.2) is 4.79 Å². The highest BCUT2D eigenvalue weighted by Crippen LogP contribution is 2.18. The normalized spacial score (nSPS) is 12.2. The standard InChI is InChI=1S/C46H86N2O4.C8H20N2O2/c1-5-7-9-11-13-15-17-19-21-23-25-27-29-31-33-35-37-45(52-46(50)51-44-42-48(4)40-39-47(3)41-43-49)38-36-34-32-30-28-26-24-22-20-18-16-14-12-10-8-6-2;1-9(5-7-11)3-4-10(2)6-8-12/h13-16,19-22,45,49H,5-12,17-18,23-44H2,1-4H3;11-12H,3-8H2,1-2H3/b15-13-,16-14-,21-19-,22-20-;. The molecule has 0 rings (SSSR count). The fraction of sp³-hybridized carbons (Fsp3) is 0.833. The Balaban J connectivity index is 0. The van der Waals surface area contributed by atoms with Crippen LogP contribution in [0.2, 0.25) is 0 Å². The summed E-state index contributed by atoms with van der Waals surface area (Å²) in [6.45, 7) is 11.8. The Morgan fingerprint density at radius 3 is 1.08 bits per heavy atom. The second kappa shape index (κ2) is 53.6. The molecule has 3 N–H and O–H groups in total. The number of aliphatic hydroxyl groups is 3. The minimum Gasteiger partial charge on any atom is -0.433 e. The Morgan fingerprint density at radius 2 is 0.734 bits per heavy atom. The van der Waals surface area contributed by atoms with Gasteiger partial charge >= 0.3 is 6.16 Å². The monoisotopic (exact) mass is 907 g/mol. The van der Waals surface area contributed by atoms with Gasteiger partial charge in [0.25, 0.3) is 0 Å². The lowest BCUT2D eigenvalue weighted by atomic mass is 10.0. The third-order valence-electron chi connectivity index (χ3n) is 11.6. The van der Waals surface area contributed by atoms with Crippen LogP contribution in [0.4, 0.5) is 4.79 Å². The molecule has 0 aliphatic rings. The summed E-state index contributed by atoms with van der Waals surface area (Å²) in [5.74, 6) is 0. The predicted molar refractivity (Wildman–Crippen MR) is 275 cm³/mol. The lowest BCUT2D eigenvalue weighted by molar-refractivity contribution is 0.0128. The first-order valence-corrected chi connectivity index (χ1v) is 26.2. The predicted octanol–water partition coefficient (Wildman–Crippen LogP) is 11.6. The Bertz CT molecular complexity index is 997. The van der Waals surface area contributed by atoms with Gasteiger partial charge in [0, 0.05) is 52.4 Å². The minimum absolute atomic E-state index is 0.0472. The van der Waals surface area contributed by atoms with E-state index < -0.39 is 6.16 Å². The maximum Gasteiger partial charge on any atom is 0.508 e. The van der Waals surface area contributed by atoms with Crippen molar-refractivity contribution in [3.63, 3.8) is 0 Å². The summed E-state index contributed by atoms with van der Waals surface area (Å²) in [6, 6.07) is 0. The lowest BCUT2D eigenvalue weighted by Gasteiger charge is -2.21. The van der Waals surface area contributed by atoms with Crippen LogP contribution in [-0.4, -0.2) is 154 Å². The first-order valence-electron chi connectivity index (χ1n) is 26.2. The zero-order valence-electron chi connectivity index (χ0n) is 42.9. The second-order valence-electron chi connectivity index (χ2n) is 18.0. The zero-order chi connectivity index (χ0) is 47.4. The van der Waals surface area contributed by atoms with E-state index in [1.165, 1.54) is 128 Å². The summed E-state index contributed by atoms with van der Waals surface area (Å²) in [5.41, 5.74) is 0. The summed E-state index contributed by atoms with van der Waals surface area (Å²) < 4.78 is 11.4. The largest absolute Gasteiger partial charge is 0.508 e. The third-order valence-corrected chi connectivity index (χ3v) is 11.6. The number of nitrogens with zero attached hydrogens (tertiary/aromatic N) is 4.